The van der Waals surface area contributed by atoms with E-state index >= 15 is 0 Å². The number of nitrogens with one attached hydrogen (secondary N) is 2. The van der Waals surface area contributed by atoms with E-state index in [-0.39, 0.29) is 0 Å². The molecule has 0 aliphatic carbocycles. The molecule has 0 saturated heterocycles. The lowest BCUT2D eigenvalue weighted by Gasteiger charge is -2.06. The minimum atomic E-state index is -1.05. The van der Waals surface area contributed by atoms with Crippen LogP contribution in [0.2, 0.25) is 0 Å². The van der Waals surface area contributed by atoms with Crippen LogP contribution in [0.4, 0.5) is 4.79 Å². The third-order valence-corrected chi connectivity index (χ3v) is 1.56. The molecule has 0 rings (SSSR count). The van der Waals surface area contributed by atoms with Crippen LogP contribution >= 0.6 is 0 Å². The Morgan fingerprint density at radius 1 is 1.53 bits per heavy atom. The molecule has 7 N–H and O–H groups in total. The van der Waals surface area contributed by atoms with Crippen molar-refractivity contribution in [2.45, 2.75) is 18.9 Å². The van der Waals surface area contributed by atoms with E-state index in [2.05, 4.69) is 15.7 Å². The number of amides is 2. The van der Waals surface area contributed by atoms with Crippen molar-refractivity contribution >= 4 is 18.3 Å². The van der Waals surface area contributed by atoms with Crippen LogP contribution in [0.15, 0.2) is 5.10 Å². The molecule has 8 heteroatoms. The van der Waals surface area contributed by atoms with E-state index < -0.39 is 18.0 Å². The Kier molecular flexibility index (Phi) is 6.64. The van der Waals surface area contributed by atoms with Gasteiger partial charge in [0.2, 0.25) is 0 Å². The van der Waals surface area contributed by atoms with Gasteiger partial charge in [0.05, 0.1) is 0 Å². The van der Waals surface area contributed by atoms with Crippen molar-refractivity contribution in [1.82, 2.24) is 10.6 Å². The number of nitrogens with two attached hydrogens (primary N) is 2. The fourth-order valence-electron chi connectivity index (χ4n) is 0.794. The molecule has 0 saturated carbocycles. The van der Waals surface area contributed by atoms with Gasteiger partial charge in [-0.3, -0.25) is 10.1 Å². The summed E-state index contributed by atoms with van der Waals surface area (Å²) in [5.41, 5.74) is 5.25. The highest BCUT2D eigenvalue weighted by Crippen LogP contribution is 1.92. The van der Waals surface area contributed by atoms with Gasteiger partial charge in [0.25, 0.3) is 0 Å². The number of carbonyl (C=O) groups is 2. The largest absolute Gasteiger partial charge is 0.480 e. The highest BCUT2D eigenvalue weighted by Gasteiger charge is 2.10. The smallest absolute Gasteiger partial charge is 0.320 e. The highest BCUT2D eigenvalue weighted by atomic mass is 16.4. The minimum Gasteiger partial charge on any atom is -0.480 e. The third-order valence-electron chi connectivity index (χ3n) is 1.56. The molecule has 0 aliphatic heterocycles. The molecule has 0 aromatic carbocycles. The fraction of sp³-hybridized carbons (Fsp3) is 0.571. The van der Waals surface area contributed by atoms with Crippen LogP contribution in [0.3, 0.4) is 0 Å². The van der Waals surface area contributed by atoms with Gasteiger partial charge in [-0.1, -0.05) is 0 Å². The Balaban J connectivity index is 3.46. The molecule has 2 amide bonds. The number of hydrogen-bond acceptors (Lipinski definition) is 5. The molecule has 15 heavy (non-hydrogen) atoms. The number of carboxylic acids is 1. The number of carbonyl (C=O) groups excluding carboxylic acids is 1. The van der Waals surface area contributed by atoms with Gasteiger partial charge in [-0.2, -0.15) is 5.10 Å². The minimum absolute atomic E-state index is 0.306. The lowest BCUT2D eigenvalue weighted by molar-refractivity contribution is -0.138. The summed E-state index contributed by atoms with van der Waals surface area (Å²) >= 11 is 0. The van der Waals surface area contributed by atoms with E-state index in [0.717, 1.165) is 6.34 Å². The van der Waals surface area contributed by atoms with Gasteiger partial charge < -0.3 is 22.0 Å². The molecule has 86 valence electrons. The summed E-state index contributed by atoms with van der Waals surface area (Å²) in [7, 11) is 0. The molecule has 0 aromatic heterocycles. The first-order valence-corrected chi connectivity index (χ1v) is 4.32. The number of nitrogens with zero attached hydrogens (tertiary/aromatic N) is 1. The summed E-state index contributed by atoms with van der Waals surface area (Å²) in [5, 5.41) is 16.2. The van der Waals surface area contributed by atoms with E-state index in [9.17, 15) is 9.59 Å². The maximum Gasteiger partial charge on any atom is 0.320 e. The van der Waals surface area contributed by atoms with Crippen molar-refractivity contribution in [3.05, 3.63) is 0 Å². The quantitative estimate of drug-likeness (QED) is 0.119. The van der Waals surface area contributed by atoms with Gasteiger partial charge in [-0.15, -0.1) is 0 Å². The standard InChI is InChI=1S/C7H15N5O3/c8-5(6(13)14)2-1-3-10-7(15)11-4-12-9/h4-5H,1-3,8-9H2,(H,13,14)(H2,10,11,12,15)/t5-/m0/s1. The van der Waals surface area contributed by atoms with Crippen molar-refractivity contribution in [2.24, 2.45) is 16.7 Å². The van der Waals surface area contributed by atoms with Crippen LogP contribution in [0.5, 0.6) is 0 Å². The predicted octanol–water partition coefficient (Wildman–Crippen LogP) is -1.62. The van der Waals surface area contributed by atoms with Crippen LogP contribution in [-0.4, -0.2) is 36.0 Å². The summed E-state index contributed by atoms with van der Waals surface area (Å²) in [6.07, 6.45) is 1.83. The Morgan fingerprint density at radius 2 is 2.20 bits per heavy atom. The van der Waals surface area contributed by atoms with Crippen molar-refractivity contribution < 1.29 is 14.7 Å². The zero-order chi connectivity index (χ0) is 11.7. The Hall–Kier alpha value is -1.83. The van der Waals surface area contributed by atoms with E-state index in [1.165, 1.54) is 0 Å². The molecule has 8 nitrogen and oxygen atoms in total. The SMILES string of the molecule is NN=CNC(=O)NCCC[C@H](N)C(=O)O. The van der Waals surface area contributed by atoms with Gasteiger partial charge in [0.1, 0.15) is 12.4 Å². The molecule has 0 fully saturated rings. The molecule has 0 aromatic rings. The van der Waals surface area contributed by atoms with Gasteiger partial charge in [0, 0.05) is 6.54 Å². The number of aliphatic carboxylic acids is 1. The van der Waals surface area contributed by atoms with Crippen molar-refractivity contribution in [2.75, 3.05) is 6.54 Å². The lowest BCUT2D eigenvalue weighted by atomic mass is 10.2. The van der Waals surface area contributed by atoms with Crippen LogP contribution in [-0.2, 0) is 4.79 Å². The van der Waals surface area contributed by atoms with Crippen molar-refractivity contribution in [1.29, 1.82) is 0 Å². The number of carboxylic acid groups (broad SMARTS) is 1. The number of urea groups is 1. The van der Waals surface area contributed by atoms with E-state index in [4.69, 9.17) is 16.7 Å². The molecular weight excluding hydrogens is 202 g/mol. The van der Waals surface area contributed by atoms with Crippen LogP contribution in [0, 0.1) is 0 Å². The molecular formula is C7H15N5O3. The zero-order valence-electron chi connectivity index (χ0n) is 8.14. The summed E-state index contributed by atoms with van der Waals surface area (Å²) in [6, 6.07) is -1.34. The van der Waals surface area contributed by atoms with Gasteiger partial charge in [-0.25, -0.2) is 4.79 Å². The van der Waals surface area contributed by atoms with Crippen molar-refractivity contribution in [3.8, 4) is 0 Å². The van der Waals surface area contributed by atoms with E-state index in [1.807, 2.05) is 0 Å². The second-order valence-electron chi connectivity index (χ2n) is 2.77. The average molecular weight is 217 g/mol. The molecule has 0 aliphatic rings. The fourth-order valence-corrected chi connectivity index (χ4v) is 0.794. The van der Waals surface area contributed by atoms with E-state index in [0.29, 0.717) is 19.4 Å². The Bertz CT molecular complexity index is 243. The number of hydrazone groups is 1. The van der Waals surface area contributed by atoms with Crippen molar-refractivity contribution in [3.63, 3.8) is 0 Å². The Morgan fingerprint density at radius 3 is 2.73 bits per heavy atom. The highest BCUT2D eigenvalue weighted by molar-refractivity contribution is 5.85. The lowest BCUT2D eigenvalue weighted by Crippen LogP contribution is -2.36. The summed E-state index contributed by atoms with van der Waals surface area (Å²) < 4.78 is 0. The number of rotatable bonds is 6. The first-order valence-electron chi connectivity index (χ1n) is 4.32. The second-order valence-corrected chi connectivity index (χ2v) is 2.77. The molecule has 0 heterocycles. The normalized spacial score (nSPS) is 12.3. The molecule has 0 bridgehead atoms. The summed E-state index contributed by atoms with van der Waals surface area (Å²) in [6.45, 7) is 0.339. The second kappa shape index (κ2) is 7.56. The maximum atomic E-state index is 10.9. The van der Waals surface area contributed by atoms with Gasteiger partial charge in [0.15, 0.2) is 0 Å². The molecule has 1 atom stereocenters. The third kappa shape index (κ3) is 7.26. The molecule has 0 unspecified atom stereocenters. The zero-order valence-corrected chi connectivity index (χ0v) is 8.14. The predicted molar refractivity (Wildman–Crippen MR) is 54.1 cm³/mol. The van der Waals surface area contributed by atoms with Crippen LogP contribution in [0.25, 0.3) is 0 Å². The molecule has 0 radical (unpaired) electrons. The topological polar surface area (TPSA) is 143 Å². The average Bonchev–Trinajstić information content (AvgIpc) is 2.20. The summed E-state index contributed by atoms with van der Waals surface area (Å²) in [4.78, 5) is 21.2. The maximum absolute atomic E-state index is 10.9. The Labute approximate surface area is 86.7 Å². The number of hydrogen-bond donors (Lipinski definition) is 5. The van der Waals surface area contributed by atoms with Crippen LogP contribution < -0.4 is 22.2 Å². The monoisotopic (exact) mass is 217 g/mol. The van der Waals surface area contributed by atoms with Gasteiger partial charge >= 0.3 is 12.0 Å². The van der Waals surface area contributed by atoms with E-state index in [1.54, 1.807) is 0 Å². The van der Waals surface area contributed by atoms with Crippen LogP contribution in [0.1, 0.15) is 12.8 Å². The first-order chi connectivity index (χ1) is 7.07. The van der Waals surface area contributed by atoms with Gasteiger partial charge in [-0.05, 0) is 12.8 Å². The summed E-state index contributed by atoms with van der Waals surface area (Å²) in [5.74, 6) is 3.70. The molecule has 0 spiro atoms. The first kappa shape index (κ1) is 13.2.